The third kappa shape index (κ3) is 2.05. The molecule has 0 spiro atoms. The van der Waals surface area contributed by atoms with E-state index in [9.17, 15) is 9.59 Å². The SMILES string of the molecule is CCC(=O)NC1CC1n1ccc2c(N)cccc2c1=O. The quantitative estimate of drug-likeness (QED) is 0.829. The molecule has 0 saturated heterocycles. The van der Waals surface area contributed by atoms with Gasteiger partial charge >= 0.3 is 0 Å². The van der Waals surface area contributed by atoms with Gasteiger partial charge in [-0.3, -0.25) is 9.59 Å². The molecule has 20 heavy (non-hydrogen) atoms. The molecule has 2 unspecified atom stereocenters. The van der Waals surface area contributed by atoms with Crippen LogP contribution in [0.5, 0.6) is 0 Å². The maximum atomic E-state index is 12.5. The molecule has 1 amide bonds. The molecule has 1 fully saturated rings. The Morgan fingerprint density at radius 3 is 2.95 bits per heavy atom. The van der Waals surface area contributed by atoms with Gasteiger partial charge < -0.3 is 15.6 Å². The van der Waals surface area contributed by atoms with Crippen LogP contribution in [0.25, 0.3) is 10.8 Å². The number of hydrogen-bond acceptors (Lipinski definition) is 3. The number of nitrogens with one attached hydrogen (secondary N) is 1. The maximum Gasteiger partial charge on any atom is 0.258 e. The number of benzene rings is 1. The number of fused-ring (bicyclic) bond motifs is 1. The summed E-state index contributed by atoms with van der Waals surface area (Å²) in [4.78, 5) is 23.8. The van der Waals surface area contributed by atoms with Gasteiger partial charge in [-0.2, -0.15) is 0 Å². The average molecular weight is 271 g/mol. The number of anilines is 1. The largest absolute Gasteiger partial charge is 0.398 e. The van der Waals surface area contributed by atoms with Crippen molar-refractivity contribution >= 4 is 22.4 Å². The maximum absolute atomic E-state index is 12.5. The lowest BCUT2D eigenvalue weighted by molar-refractivity contribution is -0.120. The highest BCUT2D eigenvalue weighted by molar-refractivity contribution is 5.92. The van der Waals surface area contributed by atoms with Crippen molar-refractivity contribution in [3.63, 3.8) is 0 Å². The molecule has 0 radical (unpaired) electrons. The Morgan fingerprint density at radius 1 is 1.40 bits per heavy atom. The van der Waals surface area contributed by atoms with Crippen LogP contribution in [0.3, 0.4) is 0 Å². The molecule has 1 heterocycles. The zero-order valence-corrected chi connectivity index (χ0v) is 11.3. The van der Waals surface area contributed by atoms with E-state index in [1.165, 1.54) is 0 Å². The van der Waals surface area contributed by atoms with Gasteiger partial charge in [-0.15, -0.1) is 0 Å². The Balaban J connectivity index is 1.93. The van der Waals surface area contributed by atoms with Gasteiger partial charge in [0.25, 0.3) is 5.56 Å². The Kier molecular flexibility index (Phi) is 2.97. The van der Waals surface area contributed by atoms with Crippen molar-refractivity contribution in [2.75, 3.05) is 5.73 Å². The monoisotopic (exact) mass is 271 g/mol. The van der Waals surface area contributed by atoms with Gasteiger partial charge in [0.1, 0.15) is 0 Å². The number of rotatable bonds is 3. The number of aromatic nitrogens is 1. The molecule has 0 bridgehead atoms. The van der Waals surface area contributed by atoms with Gasteiger partial charge in [-0.05, 0) is 24.6 Å². The number of nitrogens with two attached hydrogens (primary N) is 1. The lowest BCUT2D eigenvalue weighted by atomic mass is 10.1. The summed E-state index contributed by atoms with van der Waals surface area (Å²) in [6.07, 6.45) is 3.04. The molecule has 3 N–H and O–H groups in total. The summed E-state index contributed by atoms with van der Waals surface area (Å²) in [5.41, 5.74) is 6.43. The van der Waals surface area contributed by atoms with Gasteiger partial charge in [0.2, 0.25) is 5.91 Å². The van der Waals surface area contributed by atoms with Crippen LogP contribution < -0.4 is 16.6 Å². The van der Waals surface area contributed by atoms with Gasteiger partial charge in [0.15, 0.2) is 0 Å². The van der Waals surface area contributed by atoms with E-state index in [0.717, 1.165) is 11.8 Å². The molecule has 5 heteroatoms. The number of amides is 1. The highest BCUT2D eigenvalue weighted by Gasteiger charge is 2.40. The third-order valence-corrected chi connectivity index (χ3v) is 3.79. The summed E-state index contributed by atoms with van der Waals surface area (Å²) < 4.78 is 1.70. The molecule has 1 saturated carbocycles. The van der Waals surface area contributed by atoms with E-state index in [1.54, 1.807) is 29.0 Å². The molecule has 3 rings (SSSR count). The van der Waals surface area contributed by atoms with E-state index in [-0.39, 0.29) is 23.6 Å². The topological polar surface area (TPSA) is 77.1 Å². The van der Waals surface area contributed by atoms with Crippen LogP contribution in [-0.2, 0) is 4.79 Å². The first-order chi connectivity index (χ1) is 9.61. The lowest BCUT2D eigenvalue weighted by Gasteiger charge is -2.08. The van der Waals surface area contributed by atoms with Gasteiger partial charge in [-0.25, -0.2) is 0 Å². The van der Waals surface area contributed by atoms with Crippen molar-refractivity contribution in [2.24, 2.45) is 0 Å². The predicted molar refractivity (Wildman–Crippen MR) is 78.5 cm³/mol. The summed E-state index contributed by atoms with van der Waals surface area (Å²) in [5, 5.41) is 4.32. The van der Waals surface area contributed by atoms with E-state index < -0.39 is 0 Å². The molecule has 2 atom stereocenters. The molecule has 5 nitrogen and oxygen atoms in total. The predicted octanol–water partition coefficient (Wildman–Crippen LogP) is 1.42. The normalized spacial score (nSPS) is 20.9. The minimum atomic E-state index is -0.0481. The van der Waals surface area contributed by atoms with Crippen molar-refractivity contribution in [3.8, 4) is 0 Å². The zero-order chi connectivity index (χ0) is 14.3. The molecule has 1 aliphatic carbocycles. The van der Waals surface area contributed by atoms with E-state index in [0.29, 0.717) is 17.5 Å². The van der Waals surface area contributed by atoms with Crippen LogP contribution in [0.2, 0.25) is 0 Å². The highest BCUT2D eigenvalue weighted by atomic mass is 16.2. The van der Waals surface area contributed by atoms with Gasteiger partial charge in [-0.1, -0.05) is 13.0 Å². The molecule has 1 aromatic carbocycles. The van der Waals surface area contributed by atoms with E-state index in [1.807, 2.05) is 13.0 Å². The fraction of sp³-hybridized carbons (Fsp3) is 0.333. The van der Waals surface area contributed by atoms with Crippen molar-refractivity contribution in [3.05, 3.63) is 40.8 Å². The van der Waals surface area contributed by atoms with E-state index in [2.05, 4.69) is 5.32 Å². The fourth-order valence-electron chi connectivity index (χ4n) is 2.53. The molecule has 2 aromatic rings. The Morgan fingerprint density at radius 2 is 2.20 bits per heavy atom. The fourth-order valence-corrected chi connectivity index (χ4v) is 2.53. The van der Waals surface area contributed by atoms with Crippen molar-refractivity contribution in [2.45, 2.75) is 31.8 Å². The lowest BCUT2D eigenvalue weighted by Crippen LogP contribution is -2.28. The van der Waals surface area contributed by atoms with Crippen LogP contribution >= 0.6 is 0 Å². The number of nitrogens with zero attached hydrogens (tertiary/aromatic N) is 1. The summed E-state index contributed by atoms with van der Waals surface area (Å²) in [6, 6.07) is 7.35. The van der Waals surface area contributed by atoms with Crippen molar-refractivity contribution in [1.29, 1.82) is 0 Å². The second-order valence-electron chi connectivity index (χ2n) is 5.17. The molecule has 1 aliphatic rings. The third-order valence-electron chi connectivity index (χ3n) is 3.79. The van der Waals surface area contributed by atoms with Crippen LogP contribution in [0.4, 0.5) is 5.69 Å². The average Bonchev–Trinajstić information content (AvgIpc) is 3.19. The van der Waals surface area contributed by atoms with Gasteiger partial charge in [0, 0.05) is 29.1 Å². The number of carbonyl (C=O) groups is 1. The van der Waals surface area contributed by atoms with E-state index >= 15 is 0 Å². The zero-order valence-electron chi connectivity index (χ0n) is 11.3. The summed E-state index contributed by atoms with van der Waals surface area (Å²) >= 11 is 0. The van der Waals surface area contributed by atoms with Crippen LogP contribution in [0, 0.1) is 0 Å². The second kappa shape index (κ2) is 4.67. The van der Waals surface area contributed by atoms with Crippen molar-refractivity contribution < 1.29 is 4.79 Å². The van der Waals surface area contributed by atoms with Crippen molar-refractivity contribution in [1.82, 2.24) is 9.88 Å². The first-order valence-electron chi connectivity index (χ1n) is 6.80. The molecular weight excluding hydrogens is 254 g/mol. The Bertz CT molecular complexity index is 735. The highest BCUT2D eigenvalue weighted by Crippen LogP contribution is 2.35. The minimum absolute atomic E-state index is 0.0237. The van der Waals surface area contributed by atoms with Crippen LogP contribution in [0.15, 0.2) is 35.3 Å². The number of carbonyl (C=O) groups excluding carboxylic acids is 1. The first kappa shape index (κ1) is 12.7. The second-order valence-corrected chi connectivity index (χ2v) is 5.17. The standard InChI is InChI=1S/C15H17N3O2/c1-2-14(19)17-12-8-13(12)18-7-6-9-10(15(18)20)4-3-5-11(9)16/h3-7,12-13H,2,8,16H2,1H3,(H,17,19). The number of nitrogen functional groups attached to an aromatic ring is 1. The van der Waals surface area contributed by atoms with Crippen LogP contribution in [-0.4, -0.2) is 16.5 Å². The Hall–Kier alpha value is -2.30. The molecular formula is C15H17N3O2. The molecule has 0 aliphatic heterocycles. The molecule has 1 aromatic heterocycles. The van der Waals surface area contributed by atoms with E-state index in [4.69, 9.17) is 5.73 Å². The summed E-state index contributed by atoms with van der Waals surface area (Å²) in [5.74, 6) is 0.0237. The smallest absolute Gasteiger partial charge is 0.258 e. The molecule has 104 valence electrons. The Labute approximate surface area is 116 Å². The summed E-state index contributed by atoms with van der Waals surface area (Å²) in [6.45, 7) is 1.82. The number of hydrogen-bond donors (Lipinski definition) is 2. The van der Waals surface area contributed by atoms with Crippen LogP contribution in [0.1, 0.15) is 25.8 Å². The first-order valence-corrected chi connectivity index (χ1v) is 6.80. The minimum Gasteiger partial charge on any atom is -0.398 e. The van der Waals surface area contributed by atoms with Gasteiger partial charge in [0.05, 0.1) is 12.1 Å². The summed E-state index contributed by atoms with van der Waals surface area (Å²) in [7, 11) is 0. The number of pyridine rings is 1.